The van der Waals surface area contributed by atoms with Gasteiger partial charge in [-0.25, -0.2) is 13.4 Å². The molecular formula is C21H23ClN4O3S2. The van der Waals surface area contributed by atoms with Crippen LogP contribution in [0.25, 0.3) is 10.7 Å². The Hall–Kier alpha value is -2.36. The molecule has 0 unspecified atom stereocenters. The topological polar surface area (TPSA) is 84.3 Å². The SMILES string of the molecule is Cc1csc(-c2cc(S(=O)(=O)Nc3cccc(Cl)c3C)cn2CC(=O)N2CCCC2)n1. The molecule has 0 saturated carbocycles. The van der Waals surface area contributed by atoms with E-state index in [1.807, 2.05) is 17.2 Å². The molecular weight excluding hydrogens is 456 g/mol. The highest BCUT2D eigenvalue weighted by atomic mass is 35.5. The number of halogens is 1. The van der Waals surface area contributed by atoms with Crippen LogP contribution in [0.4, 0.5) is 5.69 Å². The fraction of sp³-hybridized carbons (Fsp3) is 0.333. The van der Waals surface area contributed by atoms with Crippen molar-refractivity contribution < 1.29 is 13.2 Å². The van der Waals surface area contributed by atoms with Crippen LogP contribution >= 0.6 is 22.9 Å². The summed E-state index contributed by atoms with van der Waals surface area (Å²) in [6.45, 7) is 5.19. The van der Waals surface area contributed by atoms with Crippen molar-refractivity contribution in [2.75, 3.05) is 17.8 Å². The first-order valence-electron chi connectivity index (χ1n) is 9.93. The fourth-order valence-corrected chi connectivity index (χ4v) is 5.71. The number of hydrogen-bond donors (Lipinski definition) is 1. The summed E-state index contributed by atoms with van der Waals surface area (Å²) in [5.74, 6) is -0.0229. The molecule has 31 heavy (non-hydrogen) atoms. The van der Waals surface area contributed by atoms with E-state index in [2.05, 4.69) is 9.71 Å². The van der Waals surface area contributed by atoms with Crippen molar-refractivity contribution in [2.45, 2.75) is 38.1 Å². The number of nitrogens with zero attached hydrogens (tertiary/aromatic N) is 3. The van der Waals surface area contributed by atoms with Gasteiger partial charge in [0.1, 0.15) is 16.4 Å². The minimum Gasteiger partial charge on any atom is -0.341 e. The Labute approximate surface area is 190 Å². The van der Waals surface area contributed by atoms with Crippen LogP contribution in [0.2, 0.25) is 5.02 Å². The molecule has 10 heteroatoms. The lowest BCUT2D eigenvalue weighted by Crippen LogP contribution is -2.31. The number of likely N-dealkylation sites (tertiary alicyclic amines) is 1. The van der Waals surface area contributed by atoms with E-state index < -0.39 is 10.0 Å². The van der Waals surface area contributed by atoms with Crippen LogP contribution < -0.4 is 4.72 Å². The molecule has 164 valence electrons. The van der Waals surface area contributed by atoms with Crippen LogP contribution in [0.15, 0.2) is 40.7 Å². The van der Waals surface area contributed by atoms with E-state index in [0.29, 0.717) is 27.0 Å². The highest BCUT2D eigenvalue weighted by molar-refractivity contribution is 7.92. The smallest absolute Gasteiger partial charge is 0.263 e. The highest BCUT2D eigenvalue weighted by Crippen LogP contribution is 2.30. The Kier molecular flexibility index (Phi) is 6.09. The second-order valence-electron chi connectivity index (χ2n) is 7.59. The molecule has 7 nitrogen and oxygen atoms in total. The van der Waals surface area contributed by atoms with Gasteiger partial charge in [0.2, 0.25) is 5.91 Å². The maximum atomic E-state index is 13.1. The normalized spacial score (nSPS) is 14.2. The molecule has 1 fully saturated rings. The average molecular weight is 479 g/mol. The highest BCUT2D eigenvalue weighted by Gasteiger charge is 2.24. The van der Waals surface area contributed by atoms with Crippen LogP contribution in [-0.2, 0) is 21.4 Å². The maximum Gasteiger partial charge on any atom is 0.263 e. The number of amides is 1. The summed E-state index contributed by atoms with van der Waals surface area (Å²) in [7, 11) is -3.89. The van der Waals surface area contributed by atoms with E-state index in [0.717, 1.165) is 31.6 Å². The molecule has 2 aromatic heterocycles. The van der Waals surface area contributed by atoms with Crippen molar-refractivity contribution in [1.29, 1.82) is 0 Å². The van der Waals surface area contributed by atoms with Crippen LogP contribution in [0.3, 0.4) is 0 Å². The Morgan fingerprint density at radius 1 is 1.26 bits per heavy atom. The Morgan fingerprint density at radius 3 is 2.68 bits per heavy atom. The van der Waals surface area contributed by atoms with Gasteiger partial charge >= 0.3 is 0 Å². The molecule has 1 N–H and O–H groups in total. The predicted octanol–water partition coefficient (Wildman–Crippen LogP) is 4.31. The molecule has 0 radical (unpaired) electrons. The molecule has 1 aliphatic rings. The zero-order valence-electron chi connectivity index (χ0n) is 17.3. The summed E-state index contributed by atoms with van der Waals surface area (Å²) in [6, 6.07) is 6.63. The number of benzene rings is 1. The molecule has 1 aromatic carbocycles. The standard InChI is InChI=1S/C21H23ClN4O3S2/c1-14-13-30-21(23-14)19-10-16(11-26(19)12-20(27)25-8-3-4-9-25)31(28,29)24-18-7-5-6-17(22)15(18)2/h5-7,10-11,13,24H,3-4,8-9,12H2,1-2H3. The molecule has 4 rings (SSSR count). The van der Waals surface area contributed by atoms with E-state index in [1.54, 1.807) is 35.8 Å². The quantitative estimate of drug-likeness (QED) is 0.572. The van der Waals surface area contributed by atoms with Gasteiger partial charge in [-0.15, -0.1) is 11.3 Å². The van der Waals surface area contributed by atoms with Crippen LogP contribution in [-0.4, -0.2) is 41.9 Å². The third-order valence-electron chi connectivity index (χ3n) is 5.30. The number of aromatic nitrogens is 2. The zero-order chi connectivity index (χ0) is 22.2. The van der Waals surface area contributed by atoms with Gasteiger partial charge in [-0.1, -0.05) is 17.7 Å². The number of hydrogen-bond acceptors (Lipinski definition) is 5. The van der Waals surface area contributed by atoms with E-state index in [9.17, 15) is 13.2 Å². The number of thiazole rings is 1. The second-order valence-corrected chi connectivity index (χ2v) is 10.5. The van der Waals surface area contributed by atoms with Crippen molar-refractivity contribution in [2.24, 2.45) is 0 Å². The van der Waals surface area contributed by atoms with Crippen molar-refractivity contribution in [1.82, 2.24) is 14.5 Å². The average Bonchev–Trinajstić information content (AvgIpc) is 3.46. The van der Waals surface area contributed by atoms with E-state index >= 15 is 0 Å². The summed E-state index contributed by atoms with van der Waals surface area (Å²) in [5.41, 5.74) is 2.51. The minimum atomic E-state index is -3.89. The second kappa shape index (κ2) is 8.64. The number of sulfonamides is 1. The van der Waals surface area contributed by atoms with E-state index in [1.165, 1.54) is 17.5 Å². The van der Waals surface area contributed by atoms with Gasteiger partial charge in [-0.2, -0.15) is 0 Å². The van der Waals surface area contributed by atoms with Gasteiger partial charge in [-0.3, -0.25) is 9.52 Å². The summed E-state index contributed by atoms with van der Waals surface area (Å²) in [4.78, 5) is 19.1. The van der Waals surface area contributed by atoms with Gasteiger partial charge in [0.25, 0.3) is 10.0 Å². The number of aryl methyl sites for hydroxylation is 1. The summed E-state index contributed by atoms with van der Waals surface area (Å²) < 4.78 is 30.5. The van der Waals surface area contributed by atoms with Gasteiger partial charge in [0.05, 0.1) is 11.4 Å². The van der Waals surface area contributed by atoms with E-state index in [4.69, 9.17) is 11.6 Å². The Morgan fingerprint density at radius 2 is 2.00 bits per heavy atom. The number of carbonyl (C=O) groups excluding carboxylic acids is 1. The third-order valence-corrected chi connectivity index (χ3v) is 8.02. The van der Waals surface area contributed by atoms with Crippen LogP contribution in [0.1, 0.15) is 24.1 Å². The molecule has 0 spiro atoms. The van der Waals surface area contributed by atoms with Gasteiger partial charge in [-0.05, 0) is 50.5 Å². The number of nitrogens with one attached hydrogen (secondary N) is 1. The Bertz CT molecular complexity index is 1230. The van der Waals surface area contributed by atoms with Gasteiger partial charge in [0, 0.05) is 35.4 Å². The predicted molar refractivity (Wildman–Crippen MR) is 123 cm³/mol. The monoisotopic (exact) mass is 478 g/mol. The largest absolute Gasteiger partial charge is 0.341 e. The molecule has 0 aliphatic carbocycles. The van der Waals surface area contributed by atoms with Crippen molar-refractivity contribution in [3.05, 3.63) is 52.1 Å². The zero-order valence-corrected chi connectivity index (χ0v) is 19.6. The number of carbonyl (C=O) groups is 1. The lowest BCUT2D eigenvalue weighted by molar-refractivity contribution is -0.130. The number of anilines is 1. The third kappa shape index (κ3) is 4.63. The first-order valence-corrected chi connectivity index (χ1v) is 12.7. The molecule has 0 bridgehead atoms. The minimum absolute atomic E-state index is 0.0229. The molecule has 3 aromatic rings. The molecule has 1 saturated heterocycles. The summed E-state index contributed by atoms with van der Waals surface area (Å²) in [6.07, 6.45) is 3.50. The molecule has 1 aliphatic heterocycles. The van der Waals surface area contributed by atoms with E-state index in [-0.39, 0.29) is 17.3 Å². The van der Waals surface area contributed by atoms with Gasteiger partial charge in [0.15, 0.2) is 0 Å². The summed E-state index contributed by atoms with van der Waals surface area (Å²) in [5, 5.41) is 3.05. The molecule has 1 amide bonds. The number of rotatable bonds is 6. The fourth-order valence-electron chi connectivity index (χ4n) is 3.55. The van der Waals surface area contributed by atoms with Crippen LogP contribution in [0.5, 0.6) is 0 Å². The molecule has 3 heterocycles. The lowest BCUT2D eigenvalue weighted by Gasteiger charge is -2.16. The Balaban J connectivity index is 1.69. The first-order chi connectivity index (χ1) is 14.7. The van der Waals surface area contributed by atoms with Crippen molar-refractivity contribution >= 4 is 44.6 Å². The van der Waals surface area contributed by atoms with Crippen molar-refractivity contribution in [3.8, 4) is 10.7 Å². The maximum absolute atomic E-state index is 13.1. The van der Waals surface area contributed by atoms with Crippen LogP contribution in [0, 0.1) is 13.8 Å². The van der Waals surface area contributed by atoms with Gasteiger partial charge < -0.3 is 9.47 Å². The first kappa shape index (κ1) is 21.9. The lowest BCUT2D eigenvalue weighted by atomic mass is 10.2. The molecule has 0 atom stereocenters. The van der Waals surface area contributed by atoms with Crippen molar-refractivity contribution in [3.63, 3.8) is 0 Å². The summed E-state index contributed by atoms with van der Waals surface area (Å²) >= 11 is 7.55.